The van der Waals surface area contributed by atoms with Crippen molar-refractivity contribution in [2.75, 3.05) is 0 Å². The highest BCUT2D eigenvalue weighted by Crippen LogP contribution is 2.50. The average molecular weight is 376 g/mol. The van der Waals surface area contributed by atoms with Gasteiger partial charge in [-0.25, -0.2) is 0 Å². The maximum Gasteiger partial charge on any atom is 0.459 e. The maximum absolute atomic E-state index is 13.6. The van der Waals surface area contributed by atoms with Gasteiger partial charge in [0.15, 0.2) is 0 Å². The first-order valence-corrected chi connectivity index (χ1v) is 7.46. The van der Waals surface area contributed by atoms with E-state index in [1.165, 1.54) is 12.1 Å². The van der Waals surface area contributed by atoms with Crippen LogP contribution in [0.3, 0.4) is 0 Å². The van der Waals surface area contributed by atoms with Crippen LogP contribution >= 0.6 is 0 Å². The first kappa shape index (κ1) is 21.5. The molecular weight excluding hydrogens is 357 g/mol. The lowest BCUT2D eigenvalue weighted by atomic mass is 9.87. The summed E-state index contributed by atoms with van der Waals surface area (Å²) in [6.07, 6.45) is -8.17. The fraction of sp³-hybridized carbons (Fsp3) is 0.625. The molecule has 0 spiro atoms. The van der Waals surface area contributed by atoms with Gasteiger partial charge in [-0.2, -0.15) is 30.7 Å². The van der Waals surface area contributed by atoms with Crippen molar-refractivity contribution in [2.45, 2.75) is 63.3 Å². The van der Waals surface area contributed by atoms with Gasteiger partial charge in [0.05, 0.1) is 18.1 Å². The van der Waals surface area contributed by atoms with Crippen molar-refractivity contribution in [1.82, 2.24) is 0 Å². The Morgan fingerprint density at radius 1 is 1.08 bits per heavy atom. The van der Waals surface area contributed by atoms with Crippen molar-refractivity contribution < 1.29 is 40.6 Å². The number of hydrogen-bond donors (Lipinski definition) is 1. The van der Waals surface area contributed by atoms with E-state index >= 15 is 0 Å². The van der Waals surface area contributed by atoms with Crippen LogP contribution in [-0.2, 0) is 5.60 Å². The quantitative estimate of drug-likeness (QED) is 0.655. The molecule has 0 aliphatic carbocycles. The minimum absolute atomic E-state index is 0.179. The molecule has 0 bridgehead atoms. The van der Waals surface area contributed by atoms with Crippen LogP contribution in [0.2, 0.25) is 0 Å². The van der Waals surface area contributed by atoms with E-state index in [0.717, 1.165) is 19.1 Å². The summed E-state index contributed by atoms with van der Waals surface area (Å²) in [4.78, 5) is 0. The van der Waals surface area contributed by atoms with Crippen molar-refractivity contribution in [2.24, 2.45) is 0 Å². The number of hydrogen-bond acceptors (Lipinski definition) is 2. The van der Waals surface area contributed by atoms with Gasteiger partial charge < -0.3 is 9.84 Å². The minimum atomic E-state index is -6.44. The normalized spacial score (nSPS) is 17.1. The molecule has 9 heteroatoms. The van der Waals surface area contributed by atoms with Crippen LogP contribution in [0.15, 0.2) is 24.3 Å². The van der Waals surface area contributed by atoms with Gasteiger partial charge in [0.2, 0.25) is 0 Å². The highest BCUT2D eigenvalue weighted by molar-refractivity contribution is 5.32. The zero-order valence-corrected chi connectivity index (χ0v) is 13.8. The van der Waals surface area contributed by atoms with E-state index < -0.39 is 30.0 Å². The SMILES string of the molecule is CCC(C)Oc1cccc(C(C)(O)CC(F)(F)C(F)(F)C(F)(F)F)c1. The second-order valence-corrected chi connectivity index (χ2v) is 6.09. The summed E-state index contributed by atoms with van der Waals surface area (Å²) in [5.41, 5.74) is -2.89. The fourth-order valence-corrected chi connectivity index (χ4v) is 2.07. The van der Waals surface area contributed by atoms with E-state index in [2.05, 4.69) is 0 Å². The molecule has 0 radical (unpaired) electrons. The molecule has 2 nitrogen and oxygen atoms in total. The smallest absolute Gasteiger partial charge is 0.459 e. The molecule has 0 aromatic heterocycles. The molecule has 144 valence electrons. The molecule has 0 aliphatic rings. The molecule has 0 saturated heterocycles. The van der Waals surface area contributed by atoms with Gasteiger partial charge in [0, 0.05) is 0 Å². The van der Waals surface area contributed by atoms with E-state index in [9.17, 15) is 35.8 Å². The van der Waals surface area contributed by atoms with Gasteiger partial charge >= 0.3 is 18.0 Å². The Kier molecular flexibility index (Phi) is 6.04. The Balaban J connectivity index is 3.11. The third-order valence-electron chi connectivity index (χ3n) is 3.75. The molecule has 0 fully saturated rings. The molecule has 0 aliphatic heterocycles. The third-order valence-corrected chi connectivity index (χ3v) is 3.75. The Bertz CT molecular complexity index is 582. The Morgan fingerprint density at radius 2 is 1.64 bits per heavy atom. The van der Waals surface area contributed by atoms with Crippen molar-refractivity contribution in [3.63, 3.8) is 0 Å². The van der Waals surface area contributed by atoms with Gasteiger partial charge in [-0.15, -0.1) is 0 Å². The Hall–Kier alpha value is -1.51. The summed E-state index contributed by atoms with van der Waals surface area (Å²) in [7, 11) is 0. The highest BCUT2D eigenvalue weighted by atomic mass is 19.4. The number of aliphatic hydroxyl groups is 1. The van der Waals surface area contributed by atoms with E-state index in [0.29, 0.717) is 6.42 Å². The molecule has 1 aromatic rings. The van der Waals surface area contributed by atoms with Crippen LogP contribution in [0.25, 0.3) is 0 Å². The van der Waals surface area contributed by atoms with Crippen LogP contribution < -0.4 is 4.74 Å². The number of alkyl halides is 7. The zero-order chi connectivity index (χ0) is 19.7. The minimum Gasteiger partial charge on any atom is -0.491 e. The van der Waals surface area contributed by atoms with Crippen LogP contribution in [0.1, 0.15) is 39.2 Å². The number of ether oxygens (including phenoxy) is 1. The predicted octanol–water partition coefficient (Wildman–Crippen LogP) is 5.29. The first-order chi connectivity index (χ1) is 11.1. The van der Waals surface area contributed by atoms with Gasteiger partial charge in [-0.05, 0) is 38.0 Å². The van der Waals surface area contributed by atoms with Gasteiger partial charge in [-0.3, -0.25) is 0 Å². The van der Waals surface area contributed by atoms with Crippen LogP contribution in [0.4, 0.5) is 30.7 Å². The predicted molar refractivity (Wildman–Crippen MR) is 77.0 cm³/mol. The van der Waals surface area contributed by atoms with Gasteiger partial charge in [0.1, 0.15) is 5.75 Å². The van der Waals surface area contributed by atoms with Gasteiger partial charge in [0.25, 0.3) is 0 Å². The number of rotatable bonds is 7. The monoisotopic (exact) mass is 376 g/mol. The summed E-state index contributed by atoms with van der Waals surface area (Å²) >= 11 is 0. The summed E-state index contributed by atoms with van der Waals surface area (Å²) in [6, 6.07) is 5.05. The number of benzene rings is 1. The lowest BCUT2D eigenvalue weighted by molar-refractivity contribution is -0.361. The standard InChI is InChI=1S/C16H19F7O2/c1-4-10(2)25-12-7-5-6-11(8-12)13(3,24)9-14(17,18)15(19,20)16(21,22)23/h5-8,10,24H,4,9H2,1-3H3. The topological polar surface area (TPSA) is 29.5 Å². The zero-order valence-electron chi connectivity index (χ0n) is 13.8. The van der Waals surface area contributed by atoms with Crippen molar-refractivity contribution in [3.8, 4) is 5.75 Å². The Labute approximate surface area is 140 Å². The average Bonchev–Trinajstić information content (AvgIpc) is 2.45. The van der Waals surface area contributed by atoms with Crippen molar-refractivity contribution >= 4 is 0 Å². The molecule has 0 amide bonds. The maximum atomic E-state index is 13.6. The molecular formula is C16H19F7O2. The molecule has 0 heterocycles. The summed E-state index contributed by atoms with van der Waals surface area (Å²) < 4.78 is 95.3. The first-order valence-electron chi connectivity index (χ1n) is 7.46. The van der Waals surface area contributed by atoms with Crippen LogP contribution in [0, 0.1) is 0 Å². The van der Waals surface area contributed by atoms with E-state index in [1.54, 1.807) is 6.92 Å². The summed E-state index contributed by atoms with van der Waals surface area (Å²) in [5.74, 6) is -11.6. The van der Waals surface area contributed by atoms with E-state index in [-0.39, 0.29) is 17.4 Å². The molecule has 0 saturated carbocycles. The van der Waals surface area contributed by atoms with Crippen LogP contribution in [-0.4, -0.2) is 29.2 Å². The molecule has 2 atom stereocenters. The van der Waals surface area contributed by atoms with Crippen molar-refractivity contribution in [1.29, 1.82) is 0 Å². The van der Waals surface area contributed by atoms with Crippen LogP contribution in [0.5, 0.6) is 5.75 Å². The van der Waals surface area contributed by atoms with E-state index in [1.807, 2.05) is 6.92 Å². The second-order valence-electron chi connectivity index (χ2n) is 6.09. The molecule has 1 N–H and O–H groups in total. The highest BCUT2D eigenvalue weighted by Gasteiger charge is 2.73. The Morgan fingerprint density at radius 3 is 2.12 bits per heavy atom. The molecule has 25 heavy (non-hydrogen) atoms. The largest absolute Gasteiger partial charge is 0.491 e. The second kappa shape index (κ2) is 7.01. The molecule has 1 aromatic carbocycles. The number of halogens is 7. The lowest BCUT2D eigenvalue weighted by Gasteiger charge is -2.34. The van der Waals surface area contributed by atoms with E-state index in [4.69, 9.17) is 4.74 Å². The molecule has 1 rings (SSSR count). The van der Waals surface area contributed by atoms with Crippen molar-refractivity contribution in [3.05, 3.63) is 29.8 Å². The molecule has 2 unspecified atom stereocenters. The third kappa shape index (κ3) is 4.77. The van der Waals surface area contributed by atoms with Gasteiger partial charge in [-0.1, -0.05) is 19.1 Å². The summed E-state index contributed by atoms with van der Waals surface area (Å²) in [5, 5.41) is 10.1. The lowest BCUT2D eigenvalue weighted by Crippen LogP contribution is -2.54. The fourth-order valence-electron chi connectivity index (χ4n) is 2.07. The summed E-state index contributed by atoms with van der Waals surface area (Å²) in [6.45, 7) is 4.29.